The number of benzene rings is 3. The lowest BCUT2D eigenvalue weighted by Gasteiger charge is -2.39. The lowest BCUT2D eigenvalue weighted by Crippen LogP contribution is -2.47. The van der Waals surface area contributed by atoms with Gasteiger partial charge in [0.1, 0.15) is 28.7 Å². The van der Waals surface area contributed by atoms with Gasteiger partial charge in [0.15, 0.2) is 0 Å². The molecule has 0 atom stereocenters. The van der Waals surface area contributed by atoms with Crippen molar-refractivity contribution in [2.75, 3.05) is 89.9 Å². The van der Waals surface area contributed by atoms with Crippen LogP contribution in [-0.4, -0.2) is 119 Å². The fourth-order valence-corrected chi connectivity index (χ4v) is 10.3. The maximum atomic E-state index is 14.3. The van der Waals surface area contributed by atoms with Crippen LogP contribution in [0.3, 0.4) is 0 Å². The second-order valence-corrected chi connectivity index (χ2v) is 21.0. The SMILES string of the molecule is CN(C)CCCN=C(NS(=O)(=O)c1ccc(NCC2CCOCC2)c([N+](=O)[O-])c1)c1ccc(N2CCN(CC3=C(c4ccc(Cl)cc4)CC(C)(C)CC3)CC2)cc1Oc1cnc2[nH]ccc2c1. The topological polar surface area (TPSA) is 171 Å². The Bertz CT molecular complexity index is 2710. The van der Waals surface area contributed by atoms with Gasteiger partial charge in [0.2, 0.25) is 0 Å². The first-order valence-corrected chi connectivity index (χ1v) is 25.1. The molecular formula is C50H62ClN9O6S. The highest BCUT2D eigenvalue weighted by atomic mass is 35.5. The van der Waals surface area contributed by atoms with Gasteiger partial charge in [0, 0.05) is 93.5 Å². The van der Waals surface area contributed by atoms with E-state index in [0.29, 0.717) is 61.4 Å². The molecule has 67 heavy (non-hydrogen) atoms. The van der Waals surface area contributed by atoms with Gasteiger partial charge in [-0.15, -0.1) is 0 Å². The van der Waals surface area contributed by atoms with E-state index in [1.807, 2.05) is 67.7 Å². The first-order chi connectivity index (χ1) is 32.2. The molecule has 5 aromatic rings. The first-order valence-electron chi connectivity index (χ1n) is 23.2. The molecule has 1 aliphatic carbocycles. The molecule has 2 fully saturated rings. The normalized spacial score (nSPS) is 17.6. The number of anilines is 2. The minimum absolute atomic E-state index is 0.0607. The highest BCUT2D eigenvalue weighted by Crippen LogP contribution is 2.43. The highest BCUT2D eigenvalue weighted by Gasteiger charge is 2.30. The second kappa shape index (κ2) is 21.2. The summed E-state index contributed by atoms with van der Waals surface area (Å²) < 4.78 is 43.5. The second-order valence-electron chi connectivity index (χ2n) is 18.9. The van der Waals surface area contributed by atoms with Gasteiger partial charge < -0.3 is 29.6 Å². The third kappa shape index (κ3) is 12.3. The number of H-pyrrole nitrogens is 1. The van der Waals surface area contributed by atoms with Crippen LogP contribution in [-0.2, 0) is 14.8 Å². The fourth-order valence-electron chi connectivity index (χ4n) is 9.11. The van der Waals surface area contributed by atoms with Gasteiger partial charge in [0.05, 0.1) is 21.6 Å². The van der Waals surface area contributed by atoms with Crippen LogP contribution in [0.15, 0.2) is 101 Å². The van der Waals surface area contributed by atoms with E-state index < -0.39 is 14.9 Å². The molecule has 15 nitrogen and oxygen atoms in total. The molecule has 0 saturated carbocycles. The van der Waals surface area contributed by atoms with Crippen molar-refractivity contribution in [1.82, 2.24) is 24.5 Å². The Kier molecular flexibility index (Phi) is 15.2. The number of piperazine rings is 1. The maximum absolute atomic E-state index is 14.3. The molecule has 2 aliphatic heterocycles. The van der Waals surface area contributed by atoms with Crippen LogP contribution in [0.2, 0.25) is 5.02 Å². The zero-order valence-corrected chi connectivity index (χ0v) is 40.5. The summed E-state index contributed by atoms with van der Waals surface area (Å²) in [5.74, 6) is 1.20. The van der Waals surface area contributed by atoms with Crippen molar-refractivity contribution >= 4 is 61.1 Å². The Morgan fingerprint density at radius 1 is 1.04 bits per heavy atom. The predicted octanol–water partition coefficient (Wildman–Crippen LogP) is 9.22. The number of nitro groups is 1. The van der Waals surface area contributed by atoms with E-state index in [-0.39, 0.29) is 27.5 Å². The van der Waals surface area contributed by atoms with E-state index in [1.54, 1.807) is 6.20 Å². The number of aromatic nitrogens is 2. The Balaban J connectivity index is 1.07. The number of fused-ring (bicyclic) bond motifs is 1. The molecule has 3 aliphatic rings. The first kappa shape index (κ1) is 48.0. The number of amidine groups is 1. The number of nitro benzene ring substituents is 1. The fraction of sp³-hybridized carbons (Fsp3) is 0.440. The van der Waals surface area contributed by atoms with Crippen molar-refractivity contribution in [2.45, 2.75) is 57.3 Å². The van der Waals surface area contributed by atoms with Crippen LogP contribution in [0.4, 0.5) is 17.1 Å². The van der Waals surface area contributed by atoms with Gasteiger partial charge in [-0.1, -0.05) is 43.2 Å². The smallest absolute Gasteiger partial charge is 0.293 e. The number of hydrogen-bond donors (Lipinski definition) is 3. The maximum Gasteiger partial charge on any atom is 0.293 e. The largest absolute Gasteiger partial charge is 0.455 e. The van der Waals surface area contributed by atoms with Gasteiger partial charge in [-0.3, -0.25) is 24.7 Å². The number of nitrogens with one attached hydrogen (secondary N) is 3. The summed E-state index contributed by atoms with van der Waals surface area (Å²) in [7, 11) is -0.463. The van der Waals surface area contributed by atoms with Gasteiger partial charge in [0.25, 0.3) is 15.7 Å². The molecule has 17 heteroatoms. The van der Waals surface area contributed by atoms with Crippen molar-refractivity contribution in [3.05, 3.63) is 117 Å². The summed E-state index contributed by atoms with van der Waals surface area (Å²) in [5.41, 5.74) is 6.38. The van der Waals surface area contributed by atoms with Crippen LogP contribution in [0.1, 0.15) is 63.5 Å². The molecule has 3 aromatic carbocycles. The van der Waals surface area contributed by atoms with E-state index in [1.165, 1.54) is 28.8 Å². The number of aliphatic imine (C=N–C) groups is 1. The molecule has 8 rings (SSSR count). The van der Waals surface area contributed by atoms with E-state index in [9.17, 15) is 18.5 Å². The number of halogens is 1. The standard InChI is InChI=1S/C50H62ClN9O6S/c1-50(2)18-14-38(44(31-50)36-6-8-39(51)9-7-36)34-58-22-24-59(25-23-58)40-10-12-43(47(29-40)66-41-28-37-15-20-53-48(37)55-33-41)49(52-19-5-21-57(3)4)56-67(63,64)42-11-13-45(46(30-42)60(61)62)54-32-35-16-26-65-27-17-35/h6-13,15,20,28-30,33,35,54H,5,14,16-19,21-27,31-32,34H2,1-4H3,(H,52,56)(H,53,55). The van der Waals surface area contributed by atoms with Crippen LogP contribution < -0.4 is 19.7 Å². The minimum atomic E-state index is -4.40. The van der Waals surface area contributed by atoms with Crippen LogP contribution >= 0.6 is 11.6 Å². The quantitative estimate of drug-likeness (QED) is 0.0267. The van der Waals surface area contributed by atoms with Gasteiger partial charge in [-0.2, -0.15) is 0 Å². The van der Waals surface area contributed by atoms with E-state index in [0.717, 1.165) is 93.5 Å². The molecule has 3 N–H and O–H groups in total. The lowest BCUT2D eigenvalue weighted by atomic mass is 9.72. The minimum Gasteiger partial charge on any atom is -0.455 e. The number of pyridine rings is 1. The monoisotopic (exact) mass is 951 g/mol. The van der Waals surface area contributed by atoms with Gasteiger partial charge >= 0.3 is 0 Å². The Labute approximate surface area is 398 Å². The summed E-state index contributed by atoms with van der Waals surface area (Å²) in [6.07, 6.45) is 9.03. The molecule has 2 aromatic heterocycles. The van der Waals surface area contributed by atoms with Crippen molar-refractivity contribution in [3.8, 4) is 11.5 Å². The summed E-state index contributed by atoms with van der Waals surface area (Å²) in [6, 6.07) is 21.7. The zero-order chi connectivity index (χ0) is 47.1. The van der Waals surface area contributed by atoms with E-state index >= 15 is 0 Å². The molecular weight excluding hydrogens is 890 g/mol. The van der Waals surface area contributed by atoms with Gasteiger partial charge in [-0.25, -0.2) is 13.4 Å². The van der Waals surface area contributed by atoms with Crippen LogP contribution in [0.5, 0.6) is 11.5 Å². The van der Waals surface area contributed by atoms with Crippen LogP contribution in [0.25, 0.3) is 16.6 Å². The predicted molar refractivity (Wildman–Crippen MR) is 267 cm³/mol. The molecule has 0 bridgehead atoms. The van der Waals surface area contributed by atoms with Gasteiger partial charge in [-0.05, 0) is 130 Å². The Hall–Kier alpha value is -5.52. The molecule has 4 heterocycles. The van der Waals surface area contributed by atoms with Crippen molar-refractivity contribution in [3.63, 3.8) is 0 Å². The molecule has 0 unspecified atom stereocenters. The number of aromatic amines is 1. The van der Waals surface area contributed by atoms with E-state index in [2.05, 4.69) is 55.8 Å². The van der Waals surface area contributed by atoms with Crippen molar-refractivity contribution in [2.24, 2.45) is 16.3 Å². The van der Waals surface area contributed by atoms with Crippen molar-refractivity contribution in [1.29, 1.82) is 0 Å². The molecule has 0 spiro atoms. The summed E-state index contributed by atoms with van der Waals surface area (Å²) in [4.78, 5) is 30.9. The number of hydrogen-bond acceptors (Lipinski definition) is 12. The third-order valence-electron chi connectivity index (χ3n) is 13.0. The number of sulfonamides is 1. The van der Waals surface area contributed by atoms with Crippen molar-refractivity contribution < 1.29 is 22.8 Å². The number of nitrogens with zero attached hydrogens (tertiary/aromatic N) is 6. The highest BCUT2D eigenvalue weighted by molar-refractivity contribution is 7.90. The summed E-state index contributed by atoms with van der Waals surface area (Å²) in [5, 5.41) is 17.1. The molecule has 356 valence electrons. The molecule has 0 radical (unpaired) electrons. The third-order valence-corrected chi connectivity index (χ3v) is 14.6. The molecule has 0 amide bonds. The molecule has 2 saturated heterocycles. The van der Waals surface area contributed by atoms with Crippen LogP contribution in [0, 0.1) is 21.4 Å². The average molecular weight is 953 g/mol. The zero-order valence-electron chi connectivity index (χ0n) is 38.9. The number of allylic oxidation sites excluding steroid dienone is 1. The average Bonchev–Trinajstić information content (AvgIpc) is 3.79. The number of ether oxygens (including phenoxy) is 2. The Morgan fingerprint density at radius 3 is 2.57 bits per heavy atom. The lowest BCUT2D eigenvalue weighted by molar-refractivity contribution is -0.384. The Morgan fingerprint density at radius 2 is 1.82 bits per heavy atom. The number of rotatable bonds is 17. The summed E-state index contributed by atoms with van der Waals surface area (Å²) >= 11 is 6.28. The summed E-state index contributed by atoms with van der Waals surface area (Å²) in [6.45, 7) is 11.7. The van der Waals surface area contributed by atoms with E-state index in [4.69, 9.17) is 26.1 Å².